The lowest BCUT2D eigenvalue weighted by Gasteiger charge is -2.34. The molecule has 1 aromatic heterocycles. The van der Waals surface area contributed by atoms with E-state index in [1.165, 1.54) is 22.5 Å². The van der Waals surface area contributed by atoms with Crippen molar-refractivity contribution in [1.29, 1.82) is 0 Å². The molecule has 2 saturated heterocycles. The first-order valence-electron chi connectivity index (χ1n) is 13.4. The van der Waals surface area contributed by atoms with Gasteiger partial charge in [0.25, 0.3) is 0 Å². The molecule has 5 rings (SSSR count). The number of carbonyl (C=O) groups is 1. The van der Waals surface area contributed by atoms with Crippen LogP contribution in [-0.2, 0) is 14.8 Å². The topological polar surface area (TPSA) is 86.7 Å². The Morgan fingerprint density at radius 1 is 0.868 bits per heavy atom. The lowest BCUT2D eigenvalue weighted by Crippen LogP contribution is -2.51. The van der Waals surface area contributed by atoms with E-state index in [-0.39, 0.29) is 11.7 Å². The lowest BCUT2D eigenvalue weighted by atomic mass is 10.0. The highest BCUT2D eigenvalue weighted by Crippen LogP contribution is 2.31. The molecule has 2 aromatic carbocycles. The average molecular weight is 554 g/mol. The summed E-state index contributed by atoms with van der Waals surface area (Å²) in [4.78, 5) is 27.3. The molecule has 0 unspecified atom stereocenters. The Balaban J connectivity index is 1.22. The van der Waals surface area contributed by atoms with Gasteiger partial charge in [-0.2, -0.15) is 4.31 Å². The maximum atomic E-state index is 13.1. The minimum atomic E-state index is -3.58. The van der Waals surface area contributed by atoms with Crippen LogP contribution in [0.1, 0.15) is 44.6 Å². The van der Waals surface area contributed by atoms with Crippen LogP contribution in [0.2, 0.25) is 0 Å². The van der Waals surface area contributed by atoms with Crippen LogP contribution in [0.3, 0.4) is 0 Å². The van der Waals surface area contributed by atoms with E-state index in [4.69, 9.17) is 9.97 Å². The van der Waals surface area contributed by atoms with Gasteiger partial charge in [-0.05, 0) is 55.0 Å². The van der Waals surface area contributed by atoms with Gasteiger partial charge in [-0.1, -0.05) is 49.9 Å². The standard InChI is InChI=1S/C28H35N5O3S2/c1-21(2)22-10-12-23(13-11-22)38(35,36)33-18-16-31(17-19-33)26(34)20-37-28-27(32-14-6-3-7-15-32)29-24-8-4-5-9-25(24)30-28/h4-5,8-13,21H,3,6-7,14-20H2,1-2H3. The number of hydrogen-bond acceptors (Lipinski definition) is 7. The van der Waals surface area contributed by atoms with Crippen LogP contribution in [0.5, 0.6) is 0 Å². The third kappa shape index (κ3) is 5.82. The molecule has 202 valence electrons. The van der Waals surface area contributed by atoms with Gasteiger partial charge >= 0.3 is 0 Å². The van der Waals surface area contributed by atoms with Gasteiger partial charge in [0.1, 0.15) is 5.03 Å². The lowest BCUT2D eigenvalue weighted by molar-refractivity contribution is -0.129. The Kier molecular flexibility index (Phi) is 8.20. The van der Waals surface area contributed by atoms with Gasteiger partial charge in [0.15, 0.2) is 5.82 Å². The first-order chi connectivity index (χ1) is 18.3. The molecule has 0 spiro atoms. The number of sulfonamides is 1. The molecular weight excluding hydrogens is 518 g/mol. The normalized spacial score (nSPS) is 17.3. The smallest absolute Gasteiger partial charge is 0.243 e. The zero-order chi connectivity index (χ0) is 26.7. The summed E-state index contributed by atoms with van der Waals surface area (Å²) in [6, 6.07) is 15.0. The SMILES string of the molecule is CC(C)c1ccc(S(=O)(=O)N2CCN(C(=O)CSc3nc4ccccc4nc3N3CCCCC3)CC2)cc1. The van der Waals surface area contributed by atoms with Crippen molar-refractivity contribution in [2.75, 3.05) is 49.9 Å². The number of nitrogens with zero attached hydrogens (tertiary/aromatic N) is 5. The summed E-state index contributed by atoms with van der Waals surface area (Å²) in [6.07, 6.45) is 3.49. The molecule has 0 atom stereocenters. The molecule has 3 heterocycles. The maximum absolute atomic E-state index is 13.1. The summed E-state index contributed by atoms with van der Waals surface area (Å²) in [6.45, 7) is 7.41. The summed E-state index contributed by atoms with van der Waals surface area (Å²) in [7, 11) is -3.58. The first-order valence-corrected chi connectivity index (χ1v) is 15.8. The second-order valence-electron chi connectivity index (χ2n) is 10.2. The summed E-state index contributed by atoms with van der Waals surface area (Å²) in [5.41, 5.74) is 2.79. The van der Waals surface area contributed by atoms with Gasteiger partial charge < -0.3 is 9.80 Å². The number of anilines is 1. The summed E-state index contributed by atoms with van der Waals surface area (Å²) >= 11 is 1.43. The summed E-state index contributed by atoms with van der Waals surface area (Å²) in [5.74, 6) is 1.45. The number of piperidine rings is 1. The van der Waals surface area contributed by atoms with Crippen LogP contribution in [0.15, 0.2) is 58.5 Å². The van der Waals surface area contributed by atoms with Crippen molar-refractivity contribution in [2.45, 2.75) is 48.9 Å². The molecule has 0 N–H and O–H groups in total. The molecule has 0 bridgehead atoms. The number of hydrogen-bond donors (Lipinski definition) is 0. The number of fused-ring (bicyclic) bond motifs is 1. The van der Waals surface area contributed by atoms with Crippen molar-refractivity contribution < 1.29 is 13.2 Å². The summed E-state index contributed by atoms with van der Waals surface area (Å²) in [5, 5.41) is 0.782. The second-order valence-corrected chi connectivity index (χ2v) is 13.1. The van der Waals surface area contributed by atoms with Crippen LogP contribution in [0, 0.1) is 0 Å². The number of aromatic nitrogens is 2. The van der Waals surface area contributed by atoms with Gasteiger partial charge in [0.2, 0.25) is 15.9 Å². The van der Waals surface area contributed by atoms with Crippen LogP contribution in [0.25, 0.3) is 11.0 Å². The van der Waals surface area contributed by atoms with Crippen LogP contribution in [-0.4, -0.2) is 78.5 Å². The number of thioether (sulfide) groups is 1. The van der Waals surface area contributed by atoms with Crippen molar-refractivity contribution in [3.8, 4) is 0 Å². The molecule has 3 aromatic rings. The molecule has 0 saturated carbocycles. The highest BCUT2D eigenvalue weighted by molar-refractivity contribution is 8.00. The van der Waals surface area contributed by atoms with Gasteiger partial charge in [-0.15, -0.1) is 0 Å². The minimum absolute atomic E-state index is 0.00659. The molecule has 0 radical (unpaired) electrons. The highest BCUT2D eigenvalue weighted by Gasteiger charge is 2.30. The van der Waals surface area contributed by atoms with Crippen molar-refractivity contribution in [2.24, 2.45) is 0 Å². The van der Waals surface area contributed by atoms with Gasteiger partial charge in [0, 0.05) is 39.3 Å². The first kappa shape index (κ1) is 26.9. The fourth-order valence-corrected chi connectivity index (χ4v) is 7.29. The molecule has 0 aliphatic carbocycles. The van der Waals surface area contributed by atoms with Gasteiger partial charge in [-0.3, -0.25) is 4.79 Å². The molecule has 1 amide bonds. The van der Waals surface area contributed by atoms with Crippen LogP contribution >= 0.6 is 11.8 Å². The van der Waals surface area contributed by atoms with E-state index in [1.54, 1.807) is 17.0 Å². The van der Waals surface area contributed by atoms with E-state index in [1.807, 2.05) is 36.4 Å². The second kappa shape index (κ2) is 11.6. The molecule has 38 heavy (non-hydrogen) atoms. The molecule has 2 aliphatic heterocycles. The number of para-hydroxylation sites is 2. The van der Waals surface area contributed by atoms with Crippen molar-refractivity contribution in [3.05, 3.63) is 54.1 Å². The Labute approximate surface area is 229 Å². The van der Waals surface area contributed by atoms with E-state index in [0.29, 0.717) is 37.0 Å². The minimum Gasteiger partial charge on any atom is -0.354 e. The average Bonchev–Trinajstić information content (AvgIpc) is 2.96. The number of benzene rings is 2. The Morgan fingerprint density at radius 3 is 2.13 bits per heavy atom. The largest absolute Gasteiger partial charge is 0.354 e. The number of carbonyl (C=O) groups excluding carboxylic acids is 1. The van der Waals surface area contributed by atoms with E-state index in [0.717, 1.165) is 53.4 Å². The number of rotatable bonds is 7. The highest BCUT2D eigenvalue weighted by atomic mass is 32.2. The fourth-order valence-electron chi connectivity index (χ4n) is 4.96. The Morgan fingerprint density at radius 2 is 1.50 bits per heavy atom. The predicted molar refractivity (Wildman–Crippen MR) is 152 cm³/mol. The Hall–Kier alpha value is -2.69. The Bertz CT molecular complexity index is 1380. The van der Waals surface area contributed by atoms with E-state index < -0.39 is 10.0 Å². The van der Waals surface area contributed by atoms with E-state index in [2.05, 4.69) is 18.7 Å². The predicted octanol–water partition coefficient (Wildman–Crippen LogP) is 4.37. The van der Waals surface area contributed by atoms with Gasteiger partial charge in [-0.25, -0.2) is 18.4 Å². The maximum Gasteiger partial charge on any atom is 0.243 e. The van der Waals surface area contributed by atoms with Crippen molar-refractivity contribution >= 4 is 44.5 Å². The van der Waals surface area contributed by atoms with E-state index in [9.17, 15) is 13.2 Å². The zero-order valence-electron chi connectivity index (χ0n) is 22.0. The van der Waals surface area contributed by atoms with Crippen molar-refractivity contribution in [1.82, 2.24) is 19.2 Å². The molecule has 2 fully saturated rings. The van der Waals surface area contributed by atoms with Crippen LogP contribution < -0.4 is 4.90 Å². The third-order valence-electron chi connectivity index (χ3n) is 7.29. The molecule has 10 heteroatoms. The quantitative estimate of drug-likeness (QED) is 0.402. The fraction of sp³-hybridized carbons (Fsp3) is 0.464. The molecule has 8 nitrogen and oxygen atoms in total. The van der Waals surface area contributed by atoms with Crippen molar-refractivity contribution in [3.63, 3.8) is 0 Å². The van der Waals surface area contributed by atoms with Gasteiger partial charge in [0.05, 0.1) is 21.7 Å². The zero-order valence-corrected chi connectivity index (χ0v) is 23.7. The molecular formula is C28H35N5O3S2. The van der Waals surface area contributed by atoms with E-state index >= 15 is 0 Å². The number of piperazine rings is 1. The number of amides is 1. The monoisotopic (exact) mass is 553 g/mol. The van der Waals surface area contributed by atoms with Crippen LogP contribution in [0.4, 0.5) is 5.82 Å². The molecule has 2 aliphatic rings. The summed E-state index contributed by atoms with van der Waals surface area (Å²) < 4.78 is 27.8. The third-order valence-corrected chi connectivity index (χ3v) is 10.1.